The Balaban J connectivity index is 2.48. The molecule has 0 aromatic heterocycles. The van der Waals surface area contributed by atoms with Crippen molar-refractivity contribution in [1.29, 1.82) is 0 Å². The van der Waals surface area contributed by atoms with Crippen LogP contribution in [0.4, 0.5) is 0 Å². The number of aromatic hydroxyl groups is 1. The van der Waals surface area contributed by atoms with E-state index in [2.05, 4.69) is 12.2 Å². The van der Waals surface area contributed by atoms with Crippen molar-refractivity contribution in [2.45, 2.75) is 39.2 Å². The molecular formula is C13H19NO2. The lowest BCUT2D eigenvalue weighted by Gasteiger charge is -2.13. The Bertz CT molecular complexity index is 332. The molecule has 0 spiro atoms. The molecule has 0 saturated heterocycles. The maximum atomic E-state index is 11.7. The van der Waals surface area contributed by atoms with Gasteiger partial charge in [0, 0.05) is 11.6 Å². The van der Waals surface area contributed by atoms with Gasteiger partial charge in [-0.2, -0.15) is 0 Å². The maximum absolute atomic E-state index is 11.7. The first kappa shape index (κ1) is 12.6. The zero-order chi connectivity index (χ0) is 12.0. The van der Waals surface area contributed by atoms with Gasteiger partial charge < -0.3 is 10.4 Å². The van der Waals surface area contributed by atoms with Gasteiger partial charge in [-0.05, 0) is 37.6 Å². The highest BCUT2D eigenvalue weighted by Crippen LogP contribution is 2.10. The Hall–Kier alpha value is -1.51. The van der Waals surface area contributed by atoms with E-state index in [-0.39, 0.29) is 17.7 Å². The molecule has 1 rings (SSSR count). The third-order valence-electron chi connectivity index (χ3n) is 2.50. The van der Waals surface area contributed by atoms with Gasteiger partial charge in [-0.1, -0.05) is 19.8 Å². The Morgan fingerprint density at radius 3 is 2.56 bits per heavy atom. The van der Waals surface area contributed by atoms with Gasteiger partial charge in [0.05, 0.1) is 0 Å². The third kappa shape index (κ3) is 3.93. The van der Waals surface area contributed by atoms with E-state index in [9.17, 15) is 4.79 Å². The summed E-state index contributed by atoms with van der Waals surface area (Å²) in [6.45, 7) is 4.14. The second-order valence-electron chi connectivity index (χ2n) is 4.06. The monoisotopic (exact) mass is 221 g/mol. The molecule has 88 valence electrons. The van der Waals surface area contributed by atoms with Crippen LogP contribution in [0.15, 0.2) is 24.3 Å². The summed E-state index contributed by atoms with van der Waals surface area (Å²) in [6.07, 6.45) is 3.26. The highest BCUT2D eigenvalue weighted by Gasteiger charge is 2.08. The molecule has 0 fully saturated rings. The fourth-order valence-corrected chi connectivity index (χ4v) is 1.50. The molecule has 3 nitrogen and oxygen atoms in total. The molecule has 1 unspecified atom stereocenters. The van der Waals surface area contributed by atoms with E-state index in [1.54, 1.807) is 12.1 Å². The highest BCUT2D eigenvalue weighted by molar-refractivity contribution is 5.94. The fourth-order valence-electron chi connectivity index (χ4n) is 1.50. The van der Waals surface area contributed by atoms with Crippen molar-refractivity contribution in [1.82, 2.24) is 5.32 Å². The number of carbonyl (C=O) groups is 1. The molecular weight excluding hydrogens is 202 g/mol. The summed E-state index contributed by atoms with van der Waals surface area (Å²) in [5.74, 6) is 0.0965. The van der Waals surface area contributed by atoms with Gasteiger partial charge in [-0.3, -0.25) is 4.79 Å². The van der Waals surface area contributed by atoms with E-state index in [4.69, 9.17) is 5.11 Å². The van der Waals surface area contributed by atoms with E-state index in [1.807, 2.05) is 6.92 Å². The first-order chi connectivity index (χ1) is 7.63. The quantitative estimate of drug-likeness (QED) is 0.803. The fraction of sp³-hybridized carbons (Fsp3) is 0.462. The minimum atomic E-state index is -0.0800. The maximum Gasteiger partial charge on any atom is 0.251 e. The van der Waals surface area contributed by atoms with Crippen molar-refractivity contribution in [3.8, 4) is 5.75 Å². The largest absolute Gasteiger partial charge is 0.508 e. The molecule has 0 saturated carbocycles. The molecule has 0 radical (unpaired) electrons. The molecule has 1 aromatic carbocycles. The zero-order valence-electron chi connectivity index (χ0n) is 9.86. The van der Waals surface area contributed by atoms with Gasteiger partial charge in [0.2, 0.25) is 0 Å². The summed E-state index contributed by atoms with van der Waals surface area (Å²) in [5.41, 5.74) is 0.584. The number of unbranched alkanes of at least 4 members (excludes halogenated alkanes) is 1. The van der Waals surface area contributed by atoms with Gasteiger partial charge in [-0.25, -0.2) is 0 Å². The second kappa shape index (κ2) is 6.16. The SMILES string of the molecule is CCCCC(C)NC(=O)c1ccc(O)cc1. The number of hydrogen-bond donors (Lipinski definition) is 2. The van der Waals surface area contributed by atoms with Crippen LogP contribution in [0, 0.1) is 0 Å². The number of nitrogens with one attached hydrogen (secondary N) is 1. The van der Waals surface area contributed by atoms with Crippen molar-refractivity contribution in [3.05, 3.63) is 29.8 Å². The predicted molar refractivity (Wildman–Crippen MR) is 64.6 cm³/mol. The molecule has 1 aromatic rings. The normalized spacial score (nSPS) is 12.1. The summed E-state index contributed by atoms with van der Waals surface area (Å²) in [6, 6.07) is 6.48. The van der Waals surface area contributed by atoms with E-state index < -0.39 is 0 Å². The van der Waals surface area contributed by atoms with Crippen LogP contribution in [0.5, 0.6) is 5.75 Å². The molecule has 1 atom stereocenters. The number of phenols is 1. The first-order valence-corrected chi connectivity index (χ1v) is 5.73. The van der Waals surface area contributed by atoms with Crippen LogP contribution in [-0.2, 0) is 0 Å². The van der Waals surface area contributed by atoms with Crippen LogP contribution in [-0.4, -0.2) is 17.1 Å². The van der Waals surface area contributed by atoms with Gasteiger partial charge in [0.1, 0.15) is 5.75 Å². The Labute approximate surface area is 96.5 Å². The van der Waals surface area contributed by atoms with Crippen molar-refractivity contribution in [2.24, 2.45) is 0 Å². The van der Waals surface area contributed by atoms with Gasteiger partial charge in [0.15, 0.2) is 0 Å². The molecule has 0 aliphatic heterocycles. The standard InChI is InChI=1S/C13H19NO2/c1-3-4-5-10(2)14-13(16)11-6-8-12(15)9-7-11/h6-10,15H,3-5H2,1-2H3,(H,14,16). The lowest BCUT2D eigenvalue weighted by Crippen LogP contribution is -2.32. The van der Waals surface area contributed by atoms with E-state index in [0.29, 0.717) is 5.56 Å². The van der Waals surface area contributed by atoms with Gasteiger partial charge in [0.25, 0.3) is 5.91 Å². The van der Waals surface area contributed by atoms with Crippen LogP contribution in [0.25, 0.3) is 0 Å². The molecule has 0 aliphatic carbocycles. The second-order valence-corrected chi connectivity index (χ2v) is 4.06. The molecule has 1 amide bonds. The van der Waals surface area contributed by atoms with Crippen LogP contribution in [0.3, 0.4) is 0 Å². The number of amides is 1. The lowest BCUT2D eigenvalue weighted by atomic mass is 10.1. The smallest absolute Gasteiger partial charge is 0.251 e. The van der Waals surface area contributed by atoms with Crippen molar-refractivity contribution in [2.75, 3.05) is 0 Å². The molecule has 0 bridgehead atoms. The number of rotatable bonds is 5. The van der Waals surface area contributed by atoms with Gasteiger partial charge in [-0.15, -0.1) is 0 Å². The number of benzene rings is 1. The van der Waals surface area contributed by atoms with Crippen LogP contribution < -0.4 is 5.32 Å². The average molecular weight is 221 g/mol. The number of carbonyl (C=O) groups excluding carboxylic acids is 1. The molecule has 2 N–H and O–H groups in total. The summed E-state index contributed by atoms with van der Waals surface area (Å²) >= 11 is 0. The average Bonchev–Trinajstić information content (AvgIpc) is 2.27. The molecule has 16 heavy (non-hydrogen) atoms. The summed E-state index contributed by atoms with van der Waals surface area (Å²) in [7, 11) is 0. The van der Waals surface area contributed by atoms with Gasteiger partial charge >= 0.3 is 0 Å². The van der Waals surface area contributed by atoms with Crippen LogP contribution >= 0.6 is 0 Å². The predicted octanol–water partition coefficient (Wildman–Crippen LogP) is 2.70. The van der Waals surface area contributed by atoms with Crippen molar-refractivity contribution >= 4 is 5.91 Å². The zero-order valence-corrected chi connectivity index (χ0v) is 9.86. The minimum Gasteiger partial charge on any atom is -0.508 e. The molecule has 0 heterocycles. The van der Waals surface area contributed by atoms with Crippen LogP contribution in [0.2, 0.25) is 0 Å². The Kier molecular flexibility index (Phi) is 4.83. The molecule has 3 heteroatoms. The lowest BCUT2D eigenvalue weighted by molar-refractivity contribution is 0.0938. The Morgan fingerprint density at radius 2 is 2.00 bits per heavy atom. The summed E-state index contributed by atoms with van der Waals surface area (Å²) < 4.78 is 0. The minimum absolute atomic E-state index is 0.0800. The van der Waals surface area contributed by atoms with Crippen LogP contribution in [0.1, 0.15) is 43.5 Å². The van der Waals surface area contributed by atoms with E-state index in [1.165, 1.54) is 12.1 Å². The topological polar surface area (TPSA) is 49.3 Å². The first-order valence-electron chi connectivity index (χ1n) is 5.73. The number of hydrogen-bond acceptors (Lipinski definition) is 2. The number of phenolic OH excluding ortho intramolecular Hbond substituents is 1. The Morgan fingerprint density at radius 1 is 1.38 bits per heavy atom. The van der Waals surface area contributed by atoms with E-state index in [0.717, 1.165) is 19.3 Å². The van der Waals surface area contributed by atoms with Crippen molar-refractivity contribution in [3.63, 3.8) is 0 Å². The molecule has 0 aliphatic rings. The summed E-state index contributed by atoms with van der Waals surface area (Å²) in [4.78, 5) is 11.7. The van der Waals surface area contributed by atoms with E-state index >= 15 is 0 Å². The highest BCUT2D eigenvalue weighted by atomic mass is 16.3. The summed E-state index contributed by atoms with van der Waals surface area (Å²) in [5, 5.41) is 12.0. The third-order valence-corrected chi connectivity index (χ3v) is 2.50. The van der Waals surface area contributed by atoms with Crippen molar-refractivity contribution < 1.29 is 9.90 Å².